The summed E-state index contributed by atoms with van der Waals surface area (Å²) < 4.78 is 0. The first kappa shape index (κ1) is 98.8. The highest BCUT2D eigenvalue weighted by molar-refractivity contribution is 5.85. The van der Waals surface area contributed by atoms with Gasteiger partial charge in [0.05, 0.1) is 24.0 Å². The number of benzene rings is 3. The fourth-order valence-corrected chi connectivity index (χ4v) is 14.4. The Labute approximate surface area is 673 Å². The SMILES string of the molecule is C(=NC1CCCCC1)=NC1CCCCC1.C1CCCC1.CC(C)[C@@H](CN1CCCC1)NC=O.CC(C)[C@@H](CN1CCCC1)NC=O.CC(C)[C@@H](CN1CCCC1)NC=O.CC(C)[C@H](C)C(=O)N1CCCC1.CC(C)[C@H](C)C(=O)O.CC(C)[C@H](N)CN1CCCC1.Cc1cccc2ccccc12.On1nnc2ccccc21. The van der Waals surface area contributed by atoms with Crippen molar-refractivity contribution in [3.8, 4) is 0 Å². The van der Waals surface area contributed by atoms with Crippen molar-refractivity contribution in [1.82, 2.24) is 55.6 Å². The molecule has 21 heteroatoms. The summed E-state index contributed by atoms with van der Waals surface area (Å²) in [5.74, 6) is 2.52. The van der Waals surface area contributed by atoms with Gasteiger partial charge in [0.1, 0.15) is 11.0 Å². The van der Waals surface area contributed by atoms with Gasteiger partial charge >= 0.3 is 5.97 Å². The summed E-state index contributed by atoms with van der Waals surface area (Å²) in [6, 6.07) is 27.4. The molecular weight excluding hydrogens is 1390 g/mol. The van der Waals surface area contributed by atoms with Crippen molar-refractivity contribution in [3.63, 3.8) is 0 Å². The lowest BCUT2D eigenvalue weighted by Gasteiger charge is -2.25. The molecule has 630 valence electrons. The van der Waals surface area contributed by atoms with Crippen LogP contribution in [0.25, 0.3) is 21.8 Å². The topological polar surface area (TPSA) is 260 Å². The Morgan fingerprint density at radius 1 is 0.459 bits per heavy atom. The molecule has 5 saturated heterocycles. The van der Waals surface area contributed by atoms with Crippen LogP contribution in [0.2, 0.25) is 0 Å². The Bertz CT molecular complexity index is 2970. The minimum absolute atomic E-state index is 0.197. The molecule has 3 aromatic carbocycles. The van der Waals surface area contributed by atoms with Gasteiger partial charge in [0, 0.05) is 69.4 Å². The summed E-state index contributed by atoms with van der Waals surface area (Å²) in [6.07, 6.45) is 36.1. The van der Waals surface area contributed by atoms with E-state index >= 15 is 0 Å². The largest absolute Gasteiger partial charge is 0.481 e. The number of aliphatic carboxylic acids is 1. The van der Waals surface area contributed by atoms with Gasteiger partial charge in [0.25, 0.3) is 0 Å². The number of carbonyl (C=O) groups excluding carboxylic acids is 4. The van der Waals surface area contributed by atoms with Crippen molar-refractivity contribution >= 4 is 58.9 Å². The quantitative estimate of drug-likeness (QED) is 0.0217. The third-order valence-electron chi connectivity index (χ3n) is 23.2. The number of aliphatic imine (C=N–C) groups is 2. The molecule has 111 heavy (non-hydrogen) atoms. The highest BCUT2D eigenvalue weighted by atomic mass is 16.5. The molecule has 8 aliphatic rings. The van der Waals surface area contributed by atoms with Crippen LogP contribution in [0.5, 0.6) is 0 Å². The predicted octanol–water partition coefficient (Wildman–Crippen LogP) is 16.5. The van der Waals surface area contributed by atoms with Crippen LogP contribution in [-0.2, 0) is 24.0 Å². The van der Waals surface area contributed by atoms with Crippen LogP contribution in [0.3, 0.4) is 0 Å². The zero-order chi connectivity index (χ0) is 81.7. The normalized spacial score (nSPS) is 19.0. The number of nitrogens with two attached hydrogens (primary N) is 1. The zero-order valence-electron chi connectivity index (χ0n) is 72.2. The second-order valence-electron chi connectivity index (χ2n) is 34.3. The lowest BCUT2D eigenvalue weighted by Crippen LogP contribution is -2.42. The van der Waals surface area contributed by atoms with Gasteiger partial charge in [-0.05, 0) is 218 Å². The molecule has 21 nitrogen and oxygen atoms in total. The zero-order valence-corrected chi connectivity index (χ0v) is 72.2. The summed E-state index contributed by atoms with van der Waals surface area (Å²) >= 11 is 0. The maximum Gasteiger partial charge on any atom is 0.306 e. The Balaban J connectivity index is 0.000000322. The van der Waals surface area contributed by atoms with Gasteiger partial charge in [0.2, 0.25) is 25.1 Å². The van der Waals surface area contributed by atoms with E-state index in [2.05, 4.69) is 180 Å². The maximum absolute atomic E-state index is 11.7. The van der Waals surface area contributed by atoms with Gasteiger partial charge in [-0.15, -0.1) is 5.10 Å². The van der Waals surface area contributed by atoms with E-state index in [-0.39, 0.29) is 17.8 Å². The molecule has 4 amide bonds. The first-order chi connectivity index (χ1) is 53.3. The third kappa shape index (κ3) is 43.1. The van der Waals surface area contributed by atoms with Crippen molar-refractivity contribution in [2.24, 2.45) is 63.1 Å². The van der Waals surface area contributed by atoms with E-state index < -0.39 is 5.97 Å². The summed E-state index contributed by atoms with van der Waals surface area (Å²) in [4.78, 5) is 74.4. The number of carbonyl (C=O) groups is 5. The van der Waals surface area contributed by atoms with Gasteiger partial charge in [-0.2, -0.15) is 0 Å². The number of para-hydroxylation sites is 1. The first-order valence-electron chi connectivity index (χ1n) is 43.6. The van der Waals surface area contributed by atoms with Gasteiger partial charge in [-0.3, -0.25) is 24.0 Å². The minimum Gasteiger partial charge on any atom is -0.481 e. The second kappa shape index (κ2) is 59.4. The van der Waals surface area contributed by atoms with Gasteiger partial charge < -0.3 is 56.5 Å². The fraction of sp³-hybridized carbons (Fsp3) is 0.756. The standard InChI is InChI=1S/C13H22N2.C11H10.3C10H20N2O.C10H19NO.C9H20N2.C6H5N3O.C6H12O2.C5H10/c1-3-7-12(8-4-1)14-11-15-13-9-5-2-6-10-13;1-9-5-4-7-10-6-2-3-8-11(9)10;3*1-9(2)10(11-8-13)7-12-5-3-4-6-12;1-8(2)9(3)10(12)11-6-4-5-7-11;1-8(2)9(10)7-11-5-3-4-6-11;10-9-6-4-2-1-3-5(6)7-8-9;1-4(2)5(3)6(7)8;1-2-4-5-3-1/h12-13H,1-10H2;2-8H,1H3;3*8-10H,3-7H2,1-2H3,(H,11,13);8-9H,4-7H2,1-3H3;8-9H,3-7,10H2,1-2H3;1-4,10H;4-5H,1-3H3,(H,7,8);1-5H2/t;;3*10-;2*9-;;5-;/m..11101.0./s1. The number of hydrogen-bond acceptors (Lipinski definition) is 15. The van der Waals surface area contributed by atoms with E-state index in [1.807, 2.05) is 37.8 Å². The van der Waals surface area contributed by atoms with E-state index in [4.69, 9.17) is 16.0 Å². The first-order valence-corrected chi connectivity index (χ1v) is 43.6. The number of likely N-dealkylation sites (tertiary alicyclic amines) is 5. The summed E-state index contributed by atoms with van der Waals surface area (Å²) in [7, 11) is 0. The van der Waals surface area contributed by atoms with E-state index in [1.165, 1.54) is 229 Å². The summed E-state index contributed by atoms with van der Waals surface area (Å²) in [6.45, 7) is 47.0. The molecule has 0 bridgehead atoms. The number of nitrogens with zero attached hydrogens (tertiary/aromatic N) is 10. The molecule has 0 spiro atoms. The van der Waals surface area contributed by atoms with Crippen molar-refractivity contribution in [2.45, 2.75) is 301 Å². The van der Waals surface area contributed by atoms with Crippen LogP contribution in [-0.4, -0.2) is 215 Å². The Kier molecular flexibility index (Phi) is 52.9. The molecule has 6 heterocycles. The average molecular weight is 1550 g/mol. The van der Waals surface area contributed by atoms with Crippen molar-refractivity contribution < 1.29 is 34.3 Å². The Morgan fingerprint density at radius 2 is 0.811 bits per heavy atom. The fourth-order valence-electron chi connectivity index (χ4n) is 14.4. The van der Waals surface area contributed by atoms with Crippen LogP contribution >= 0.6 is 0 Å². The van der Waals surface area contributed by atoms with Crippen LogP contribution in [0.15, 0.2) is 76.7 Å². The van der Waals surface area contributed by atoms with Gasteiger partial charge in [-0.25, -0.2) is 9.98 Å². The summed E-state index contributed by atoms with van der Waals surface area (Å²) in [5, 5.41) is 35.7. The lowest BCUT2D eigenvalue weighted by molar-refractivity contribution is -0.142. The lowest BCUT2D eigenvalue weighted by atomic mass is 9.96. The molecule has 3 aliphatic carbocycles. The number of carboxylic acids is 1. The van der Waals surface area contributed by atoms with Crippen molar-refractivity contribution in [3.05, 3.63) is 72.3 Å². The number of nitrogens with one attached hydrogen (secondary N) is 3. The number of amides is 4. The number of rotatable bonds is 24. The summed E-state index contributed by atoms with van der Waals surface area (Å²) in [5.41, 5.74) is 8.63. The third-order valence-corrected chi connectivity index (χ3v) is 23.2. The van der Waals surface area contributed by atoms with E-state index in [0.29, 0.717) is 82.8 Å². The smallest absolute Gasteiger partial charge is 0.306 e. The molecule has 3 saturated carbocycles. The molecule has 7 N–H and O–H groups in total. The highest BCUT2D eigenvalue weighted by Crippen LogP contribution is 2.24. The molecule has 6 atom stereocenters. The van der Waals surface area contributed by atoms with Crippen LogP contribution < -0.4 is 21.7 Å². The maximum atomic E-state index is 11.7. The predicted molar refractivity (Wildman–Crippen MR) is 461 cm³/mol. The Morgan fingerprint density at radius 3 is 1.15 bits per heavy atom. The van der Waals surface area contributed by atoms with E-state index in [0.717, 1.165) is 63.3 Å². The molecule has 0 radical (unpaired) electrons. The van der Waals surface area contributed by atoms with Crippen molar-refractivity contribution in [1.29, 1.82) is 0 Å². The monoisotopic (exact) mass is 1550 g/mol. The number of hydrogen-bond donors (Lipinski definition) is 6. The van der Waals surface area contributed by atoms with Gasteiger partial charge in [0.15, 0.2) is 0 Å². The molecule has 8 fully saturated rings. The second-order valence-corrected chi connectivity index (χ2v) is 34.3. The number of aromatic nitrogens is 3. The van der Waals surface area contributed by atoms with Crippen LogP contribution in [0.4, 0.5) is 0 Å². The molecular formula is C90H158N14O7. The number of carboxylic acid groups (broad SMARTS) is 1. The molecule has 12 rings (SSSR count). The van der Waals surface area contributed by atoms with Crippen LogP contribution in [0, 0.1) is 54.3 Å². The van der Waals surface area contributed by atoms with E-state index in [1.54, 1.807) is 19.1 Å². The van der Waals surface area contributed by atoms with Crippen LogP contribution in [0.1, 0.15) is 263 Å². The molecule has 0 unspecified atom stereocenters. The molecule has 1 aromatic heterocycles. The molecule has 5 aliphatic heterocycles. The van der Waals surface area contributed by atoms with Crippen molar-refractivity contribution in [2.75, 3.05) is 91.6 Å². The van der Waals surface area contributed by atoms with Gasteiger partial charge in [-0.1, -0.05) is 227 Å². The Hall–Kier alpha value is -6.35. The number of fused-ring (bicyclic) bond motifs is 2. The van der Waals surface area contributed by atoms with E-state index in [9.17, 15) is 24.0 Å². The minimum atomic E-state index is -0.708. The molecule has 4 aromatic rings. The average Bonchev–Trinajstić information content (AvgIpc) is 1.81. The number of aryl methyl sites for hydroxylation is 1. The highest BCUT2D eigenvalue weighted by Gasteiger charge is 2.26.